The summed E-state index contributed by atoms with van der Waals surface area (Å²) in [6.07, 6.45) is 2.75. The van der Waals surface area contributed by atoms with Crippen molar-refractivity contribution in [3.63, 3.8) is 0 Å². The minimum Gasteiger partial charge on any atom is -0.463 e. The predicted octanol–water partition coefficient (Wildman–Crippen LogP) is 2.47. The lowest BCUT2D eigenvalue weighted by Crippen LogP contribution is -2.27. The van der Waals surface area contributed by atoms with Crippen molar-refractivity contribution < 1.29 is 9.53 Å². The van der Waals surface area contributed by atoms with Gasteiger partial charge in [-0.25, -0.2) is 4.79 Å². The van der Waals surface area contributed by atoms with Crippen LogP contribution in [0.1, 0.15) is 25.3 Å². The normalized spacial score (nSPS) is 17.9. The summed E-state index contributed by atoms with van der Waals surface area (Å²) >= 11 is 0. The van der Waals surface area contributed by atoms with Crippen LogP contribution in [0.4, 0.5) is 0 Å². The van der Waals surface area contributed by atoms with Gasteiger partial charge in [0.25, 0.3) is 0 Å². The molecule has 1 fully saturated rings. The Balaban J connectivity index is 2.21. The summed E-state index contributed by atoms with van der Waals surface area (Å²) in [7, 11) is 0. The molecule has 0 amide bonds. The van der Waals surface area contributed by atoms with E-state index in [-0.39, 0.29) is 5.97 Å². The van der Waals surface area contributed by atoms with Crippen LogP contribution in [0.5, 0.6) is 0 Å². The highest BCUT2D eigenvalue weighted by Crippen LogP contribution is 2.19. The Morgan fingerprint density at radius 1 is 1.32 bits per heavy atom. The zero-order valence-electron chi connectivity index (χ0n) is 11.4. The summed E-state index contributed by atoms with van der Waals surface area (Å²) in [6, 6.07) is 10.1. The minimum atomic E-state index is -0.162. The summed E-state index contributed by atoms with van der Waals surface area (Å²) in [6.45, 7) is 4.12. The van der Waals surface area contributed by atoms with Gasteiger partial charge in [-0.3, -0.25) is 0 Å². The quantitative estimate of drug-likeness (QED) is 0.667. The molecule has 2 rings (SSSR count). The van der Waals surface area contributed by atoms with Crippen molar-refractivity contribution in [2.75, 3.05) is 19.7 Å². The third-order valence-electron chi connectivity index (χ3n) is 3.34. The highest BCUT2D eigenvalue weighted by molar-refractivity contribution is 5.90. The van der Waals surface area contributed by atoms with E-state index in [1.165, 1.54) is 5.57 Å². The molecule has 0 aromatic heterocycles. The van der Waals surface area contributed by atoms with E-state index in [4.69, 9.17) is 4.74 Å². The first-order valence-corrected chi connectivity index (χ1v) is 6.94. The van der Waals surface area contributed by atoms with Crippen LogP contribution >= 0.6 is 0 Å². The number of esters is 1. The SMILES string of the molecule is CCOC(=O)C(Cc1ccccc1)=C1CCCNC1. The first-order valence-electron chi connectivity index (χ1n) is 6.94. The number of rotatable bonds is 4. The van der Waals surface area contributed by atoms with Crippen molar-refractivity contribution in [3.8, 4) is 0 Å². The monoisotopic (exact) mass is 259 g/mol. The molecule has 1 aliphatic rings. The number of hydrogen-bond donors (Lipinski definition) is 1. The summed E-state index contributed by atoms with van der Waals surface area (Å²) in [5, 5.41) is 3.33. The molecule has 0 unspecified atom stereocenters. The predicted molar refractivity (Wildman–Crippen MR) is 75.9 cm³/mol. The first kappa shape index (κ1) is 13.8. The summed E-state index contributed by atoms with van der Waals surface area (Å²) in [4.78, 5) is 12.1. The van der Waals surface area contributed by atoms with Crippen LogP contribution in [0.3, 0.4) is 0 Å². The molecule has 0 radical (unpaired) electrons. The standard InChI is InChI=1S/C16H21NO2/c1-2-19-16(18)15(14-9-6-10-17-12-14)11-13-7-4-3-5-8-13/h3-5,7-8,17H,2,6,9-12H2,1H3. The van der Waals surface area contributed by atoms with E-state index in [1.807, 2.05) is 25.1 Å². The van der Waals surface area contributed by atoms with Crippen LogP contribution in [0.15, 0.2) is 41.5 Å². The molecule has 0 bridgehead atoms. The molecule has 1 aromatic rings. The average Bonchev–Trinajstić information content (AvgIpc) is 2.47. The number of benzene rings is 1. The number of nitrogens with one attached hydrogen (secondary N) is 1. The van der Waals surface area contributed by atoms with Crippen LogP contribution < -0.4 is 5.32 Å². The summed E-state index contributed by atoms with van der Waals surface area (Å²) in [5.74, 6) is -0.162. The fourth-order valence-corrected chi connectivity index (χ4v) is 2.37. The van der Waals surface area contributed by atoms with Gasteiger partial charge in [0.2, 0.25) is 0 Å². The van der Waals surface area contributed by atoms with Gasteiger partial charge in [0.15, 0.2) is 0 Å². The van der Waals surface area contributed by atoms with Crippen LogP contribution in [-0.4, -0.2) is 25.7 Å². The lowest BCUT2D eigenvalue weighted by atomic mass is 9.95. The Bertz CT molecular complexity index is 443. The lowest BCUT2D eigenvalue weighted by molar-refractivity contribution is -0.138. The fraction of sp³-hybridized carbons (Fsp3) is 0.438. The number of carbonyl (C=O) groups excluding carboxylic acids is 1. The van der Waals surface area contributed by atoms with E-state index >= 15 is 0 Å². The minimum absolute atomic E-state index is 0.162. The lowest BCUT2D eigenvalue weighted by Gasteiger charge is -2.19. The molecule has 0 saturated carbocycles. The van der Waals surface area contributed by atoms with E-state index in [2.05, 4.69) is 17.4 Å². The number of carbonyl (C=O) groups is 1. The van der Waals surface area contributed by atoms with Gasteiger partial charge < -0.3 is 10.1 Å². The van der Waals surface area contributed by atoms with E-state index in [1.54, 1.807) is 0 Å². The molecular weight excluding hydrogens is 238 g/mol. The molecule has 1 aliphatic heterocycles. The molecule has 1 saturated heterocycles. The maximum absolute atomic E-state index is 12.1. The van der Waals surface area contributed by atoms with E-state index in [0.717, 1.165) is 37.1 Å². The molecule has 1 heterocycles. The highest BCUT2D eigenvalue weighted by atomic mass is 16.5. The zero-order chi connectivity index (χ0) is 13.5. The van der Waals surface area contributed by atoms with Crippen molar-refractivity contribution in [2.45, 2.75) is 26.2 Å². The zero-order valence-corrected chi connectivity index (χ0v) is 11.4. The Hall–Kier alpha value is -1.61. The smallest absolute Gasteiger partial charge is 0.334 e. The number of hydrogen-bond acceptors (Lipinski definition) is 3. The Labute approximate surface area is 114 Å². The Morgan fingerprint density at radius 3 is 2.74 bits per heavy atom. The van der Waals surface area contributed by atoms with Gasteiger partial charge in [-0.2, -0.15) is 0 Å². The Morgan fingerprint density at radius 2 is 2.11 bits per heavy atom. The van der Waals surface area contributed by atoms with E-state index < -0.39 is 0 Å². The number of piperidine rings is 1. The molecule has 1 aromatic carbocycles. The highest BCUT2D eigenvalue weighted by Gasteiger charge is 2.18. The second-order valence-corrected chi connectivity index (χ2v) is 4.75. The van der Waals surface area contributed by atoms with Crippen molar-refractivity contribution in [1.82, 2.24) is 5.32 Å². The molecule has 19 heavy (non-hydrogen) atoms. The van der Waals surface area contributed by atoms with Crippen molar-refractivity contribution in [2.24, 2.45) is 0 Å². The van der Waals surface area contributed by atoms with Crippen molar-refractivity contribution in [3.05, 3.63) is 47.0 Å². The maximum atomic E-state index is 12.1. The molecule has 0 spiro atoms. The molecule has 102 valence electrons. The maximum Gasteiger partial charge on any atom is 0.334 e. The molecule has 0 atom stereocenters. The van der Waals surface area contributed by atoms with Gasteiger partial charge in [-0.1, -0.05) is 30.3 Å². The molecule has 0 aliphatic carbocycles. The first-order chi connectivity index (χ1) is 9.31. The van der Waals surface area contributed by atoms with Crippen molar-refractivity contribution >= 4 is 5.97 Å². The second kappa shape index (κ2) is 7.10. The van der Waals surface area contributed by atoms with Crippen LogP contribution in [0, 0.1) is 0 Å². The topological polar surface area (TPSA) is 38.3 Å². The van der Waals surface area contributed by atoms with Crippen LogP contribution in [-0.2, 0) is 16.0 Å². The largest absolute Gasteiger partial charge is 0.463 e. The van der Waals surface area contributed by atoms with Crippen LogP contribution in [0.2, 0.25) is 0 Å². The summed E-state index contributed by atoms with van der Waals surface area (Å²) in [5.41, 5.74) is 3.19. The van der Waals surface area contributed by atoms with Gasteiger partial charge in [0.1, 0.15) is 0 Å². The van der Waals surface area contributed by atoms with Gasteiger partial charge in [0.05, 0.1) is 6.61 Å². The van der Waals surface area contributed by atoms with E-state index in [9.17, 15) is 4.79 Å². The Kier molecular flexibility index (Phi) is 5.16. The third-order valence-corrected chi connectivity index (χ3v) is 3.34. The van der Waals surface area contributed by atoms with Crippen molar-refractivity contribution in [1.29, 1.82) is 0 Å². The number of ether oxygens (including phenoxy) is 1. The third kappa shape index (κ3) is 3.93. The molecule has 3 nitrogen and oxygen atoms in total. The van der Waals surface area contributed by atoms with Crippen LogP contribution in [0.25, 0.3) is 0 Å². The fourth-order valence-electron chi connectivity index (χ4n) is 2.37. The molecule has 3 heteroatoms. The van der Waals surface area contributed by atoms with Gasteiger partial charge >= 0.3 is 5.97 Å². The van der Waals surface area contributed by atoms with E-state index in [0.29, 0.717) is 13.0 Å². The average molecular weight is 259 g/mol. The summed E-state index contributed by atoms with van der Waals surface area (Å²) < 4.78 is 5.20. The molecular formula is C16H21NO2. The van der Waals surface area contributed by atoms with Gasteiger partial charge in [-0.05, 0) is 37.4 Å². The van der Waals surface area contributed by atoms with Gasteiger partial charge in [0, 0.05) is 18.5 Å². The molecule has 1 N–H and O–H groups in total. The van der Waals surface area contributed by atoms with Gasteiger partial charge in [-0.15, -0.1) is 0 Å². The second-order valence-electron chi connectivity index (χ2n) is 4.75.